The third-order valence-corrected chi connectivity index (χ3v) is 7.22. The van der Waals surface area contributed by atoms with Crippen molar-refractivity contribution in [2.75, 3.05) is 32.8 Å². The lowest BCUT2D eigenvalue weighted by molar-refractivity contribution is 0.324. The van der Waals surface area contributed by atoms with Gasteiger partial charge in [-0.25, -0.2) is 4.98 Å². The number of thioether (sulfide) groups is 1. The van der Waals surface area contributed by atoms with Crippen LogP contribution >= 0.6 is 11.8 Å². The smallest absolute Gasteiger partial charge is 0.203 e. The molecule has 6 heteroatoms. The number of rotatable bonds is 5. The number of anilines is 1. The largest absolute Gasteiger partial charge is 0.493 e. The van der Waals surface area contributed by atoms with Gasteiger partial charge in [-0.15, -0.1) is 11.8 Å². The Kier molecular flexibility index (Phi) is 5.31. The number of benzene rings is 3. The monoisotopic (exact) mass is 444 g/mol. The number of nitrogens with zero attached hydrogens (tertiary/aromatic N) is 1. The van der Waals surface area contributed by atoms with Gasteiger partial charge in [0.2, 0.25) is 5.75 Å². The van der Waals surface area contributed by atoms with Gasteiger partial charge in [-0.2, -0.15) is 0 Å². The normalized spacial score (nSPS) is 14.9. The van der Waals surface area contributed by atoms with E-state index in [2.05, 4.69) is 47.4 Å². The molecule has 0 radical (unpaired) electrons. The van der Waals surface area contributed by atoms with E-state index in [1.807, 2.05) is 30.1 Å². The summed E-state index contributed by atoms with van der Waals surface area (Å²) in [6.45, 7) is 0. The van der Waals surface area contributed by atoms with Gasteiger partial charge in [0, 0.05) is 33.9 Å². The summed E-state index contributed by atoms with van der Waals surface area (Å²) in [6.07, 6.45) is 1.84. The van der Waals surface area contributed by atoms with Crippen molar-refractivity contribution in [1.82, 2.24) is 4.98 Å². The summed E-state index contributed by atoms with van der Waals surface area (Å²) in [7, 11) is 4.85. The van der Waals surface area contributed by atoms with Crippen LogP contribution in [0.5, 0.6) is 17.2 Å². The molecule has 5 rings (SSSR count). The molecule has 1 aromatic heterocycles. The maximum Gasteiger partial charge on any atom is 0.203 e. The molecule has 162 valence electrons. The van der Waals surface area contributed by atoms with Crippen molar-refractivity contribution in [3.8, 4) is 28.4 Å². The first-order valence-corrected chi connectivity index (χ1v) is 11.3. The number of aromatic nitrogens is 1. The third kappa shape index (κ3) is 3.31. The molecule has 32 heavy (non-hydrogen) atoms. The third-order valence-electron chi connectivity index (χ3n) is 5.99. The van der Waals surface area contributed by atoms with E-state index in [0.29, 0.717) is 23.1 Å². The van der Waals surface area contributed by atoms with Crippen LogP contribution in [-0.2, 0) is 0 Å². The zero-order chi connectivity index (χ0) is 22.2. The zero-order valence-corrected chi connectivity index (χ0v) is 19.0. The fourth-order valence-electron chi connectivity index (χ4n) is 4.40. The van der Waals surface area contributed by atoms with Gasteiger partial charge < -0.3 is 19.9 Å². The standard InChI is InChI=1S/C26H24N2O3S/c1-29-21-11-18(12-22(30-2)24(21)31-3)19-13-28-26(27)23-20(14-32-25(19)23)17-9-8-15-6-4-5-7-16(15)10-17/h4-13,20H,14H2,1-3H3,(H2,27,28). The average molecular weight is 445 g/mol. The zero-order valence-electron chi connectivity index (χ0n) is 18.2. The van der Waals surface area contributed by atoms with Crippen molar-refractivity contribution < 1.29 is 14.2 Å². The summed E-state index contributed by atoms with van der Waals surface area (Å²) in [5.41, 5.74) is 10.7. The van der Waals surface area contributed by atoms with E-state index in [0.717, 1.165) is 27.3 Å². The SMILES string of the molecule is COc1cc(-c2cnc(N)c3c2SCC3c2ccc3ccccc3c2)cc(OC)c1OC. The summed E-state index contributed by atoms with van der Waals surface area (Å²) in [6, 6.07) is 19.0. The minimum absolute atomic E-state index is 0.189. The second kappa shape index (κ2) is 8.28. The van der Waals surface area contributed by atoms with Crippen LogP contribution in [0.3, 0.4) is 0 Å². The van der Waals surface area contributed by atoms with Gasteiger partial charge in [0.05, 0.1) is 21.3 Å². The molecule has 2 N–H and O–H groups in total. The molecule has 1 aliphatic heterocycles. The first-order chi connectivity index (χ1) is 15.6. The molecular formula is C26H24N2O3S. The molecule has 0 saturated heterocycles. The molecule has 0 saturated carbocycles. The molecule has 1 aliphatic rings. The summed E-state index contributed by atoms with van der Waals surface area (Å²) in [5, 5.41) is 2.47. The van der Waals surface area contributed by atoms with E-state index >= 15 is 0 Å². The summed E-state index contributed by atoms with van der Waals surface area (Å²) in [5.74, 6) is 3.48. The summed E-state index contributed by atoms with van der Waals surface area (Å²) < 4.78 is 16.6. The van der Waals surface area contributed by atoms with Gasteiger partial charge in [0.25, 0.3) is 0 Å². The van der Waals surface area contributed by atoms with Crippen molar-refractivity contribution in [3.63, 3.8) is 0 Å². The lowest BCUT2D eigenvalue weighted by Crippen LogP contribution is -2.05. The molecule has 0 amide bonds. The second-order valence-corrected chi connectivity index (χ2v) is 8.71. The van der Waals surface area contributed by atoms with Crippen LogP contribution in [0.4, 0.5) is 5.82 Å². The van der Waals surface area contributed by atoms with Crippen LogP contribution in [0.2, 0.25) is 0 Å². The van der Waals surface area contributed by atoms with Crippen molar-refractivity contribution in [2.45, 2.75) is 10.8 Å². The van der Waals surface area contributed by atoms with Crippen molar-refractivity contribution in [3.05, 3.63) is 71.9 Å². The number of pyridine rings is 1. The fourth-order valence-corrected chi connectivity index (χ4v) is 5.82. The van der Waals surface area contributed by atoms with E-state index in [1.54, 1.807) is 21.3 Å². The minimum atomic E-state index is 0.189. The predicted molar refractivity (Wildman–Crippen MR) is 130 cm³/mol. The highest BCUT2D eigenvalue weighted by Gasteiger charge is 2.31. The van der Waals surface area contributed by atoms with Crippen LogP contribution < -0.4 is 19.9 Å². The highest BCUT2D eigenvalue weighted by atomic mass is 32.2. The first kappa shape index (κ1) is 20.5. The molecule has 4 aromatic rings. The fraction of sp³-hybridized carbons (Fsp3) is 0.192. The Morgan fingerprint density at radius 1 is 0.906 bits per heavy atom. The van der Waals surface area contributed by atoms with Gasteiger partial charge in [0.15, 0.2) is 11.5 Å². The minimum Gasteiger partial charge on any atom is -0.493 e. The first-order valence-electron chi connectivity index (χ1n) is 10.3. The average Bonchev–Trinajstić information content (AvgIpc) is 3.29. The lowest BCUT2D eigenvalue weighted by Gasteiger charge is -2.17. The van der Waals surface area contributed by atoms with Gasteiger partial charge in [-0.3, -0.25) is 0 Å². The Labute approximate surface area is 191 Å². The van der Waals surface area contributed by atoms with E-state index < -0.39 is 0 Å². The molecule has 5 nitrogen and oxygen atoms in total. The van der Waals surface area contributed by atoms with Gasteiger partial charge in [0.1, 0.15) is 5.82 Å². The molecule has 1 unspecified atom stereocenters. The maximum absolute atomic E-state index is 6.42. The van der Waals surface area contributed by atoms with E-state index in [9.17, 15) is 0 Å². The molecule has 2 heterocycles. The Bertz CT molecular complexity index is 1300. The Morgan fingerprint density at radius 2 is 1.62 bits per heavy atom. The topological polar surface area (TPSA) is 66.6 Å². The summed E-state index contributed by atoms with van der Waals surface area (Å²) in [4.78, 5) is 5.73. The molecule has 1 atom stereocenters. The van der Waals surface area contributed by atoms with Crippen LogP contribution in [0.1, 0.15) is 17.0 Å². The molecule has 0 aliphatic carbocycles. The lowest BCUT2D eigenvalue weighted by atomic mass is 9.90. The van der Waals surface area contributed by atoms with Gasteiger partial charge in [-0.1, -0.05) is 42.5 Å². The predicted octanol–water partition coefficient (Wildman–Crippen LogP) is 5.75. The molecule has 0 bridgehead atoms. The van der Waals surface area contributed by atoms with Crippen molar-refractivity contribution in [1.29, 1.82) is 0 Å². The number of nitrogens with two attached hydrogens (primary N) is 1. The highest BCUT2D eigenvalue weighted by Crippen LogP contribution is 2.51. The van der Waals surface area contributed by atoms with Crippen LogP contribution in [0.15, 0.2) is 65.7 Å². The Balaban J connectivity index is 1.64. The summed E-state index contributed by atoms with van der Waals surface area (Å²) >= 11 is 1.82. The van der Waals surface area contributed by atoms with Crippen LogP contribution in [-0.4, -0.2) is 32.1 Å². The molecular weight excluding hydrogens is 420 g/mol. The number of fused-ring (bicyclic) bond motifs is 2. The second-order valence-electron chi connectivity index (χ2n) is 7.68. The molecule has 0 fully saturated rings. The van der Waals surface area contributed by atoms with Gasteiger partial charge in [-0.05, 0) is 34.0 Å². The van der Waals surface area contributed by atoms with Crippen LogP contribution in [0, 0.1) is 0 Å². The van der Waals surface area contributed by atoms with E-state index in [1.165, 1.54) is 16.3 Å². The van der Waals surface area contributed by atoms with E-state index in [-0.39, 0.29) is 5.92 Å². The Hall–Kier alpha value is -3.38. The van der Waals surface area contributed by atoms with Gasteiger partial charge >= 0.3 is 0 Å². The highest BCUT2D eigenvalue weighted by molar-refractivity contribution is 7.99. The number of nitrogen functional groups attached to an aromatic ring is 1. The number of hydrogen-bond acceptors (Lipinski definition) is 6. The Morgan fingerprint density at radius 3 is 2.31 bits per heavy atom. The molecule has 3 aromatic carbocycles. The van der Waals surface area contributed by atoms with Crippen LogP contribution in [0.25, 0.3) is 21.9 Å². The van der Waals surface area contributed by atoms with Crippen molar-refractivity contribution >= 4 is 28.4 Å². The van der Waals surface area contributed by atoms with E-state index in [4.69, 9.17) is 19.9 Å². The maximum atomic E-state index is 6.42. The quantitative estimate of drug-likeness (QED) is 0.423. The number of hydrogen-bond donors (Lipinski definition) is 1. The number of ether oxygens (including phenoxy) is 3. The molecule has 0 spiro atoms. The van der Waals surface area contributed by atoms with Crippen molar-refractivity contribution in [2.24, 2.45) is 0 Å². The number of methoxy groups -OCH3 is 3.